The number of rotatable bonds is 5. The molecule has 1 aromatic heterocycles. The molecule has 0 fully saturated rings. The van der Waals surface area contributed by atoms with Crippen molar-refractivity contribution in [3.8, 4) is 0 Å². The van der Waals surface area contributed by atoms with Gasteiger partial charge in [0.05, 0.1) is 0 Å². The van der Waals surface area contributed by atoms with Gasteiger partial charge >= 0.3 is 0 Å². The number of benzene rings is 2. The van der Waals surface area contributed by atoms with Crippen molar-refractivity contribution in [1.82, 2.24) is 10.3 Å². The largest absolute Gasteiger partial charge is 0.361 e. The molecule has 3 rings (SSSR count). The molecule has 0 radical (unpaired) electrons. The molecule has 0 saturated heterocycles. The van der Waals surface area contributed by atoms with E-state index in [1.807, 2.05) is 26.8 Å². The molecule has 1 amide bonds. The van der Waals surface area contributed by atoms with Gasteiger partial charge in [-0.1, -0.05) is 12.1 Å². The first kappa shape index (κ1) is 18.8. The van der Waals surface area contributed by atoms with Crippen molar-refractivity contribution in [2.24, 2.45) is 0 Å². The SMILES string of the molecule is CC(C)(C)NC(=O)c1cccc(CC(=O)Cc2c[nH]c3ccc(F)cc23)c1. The predicted molar refractivity (Wildman–Crippen MR) is 104 cm³/mol. The standard InChI is InChI=1S/C22H23FN2O2/c1-22(2,3)25-21(27)15-6-4-5-14(9-15)10-18(26)11-16-13-24-20-8-7-17(23)12-19(16)20/h4-9,12-13,24H,10-11H2,1-3H3,(H,25,27). The minimum Gasteiger partial charge on any atom is -0.361 e. The third-order valence-electron chi connectivity index (χ3n) is 4.20. The molecule has 0 unspecified atom stereocenters. The van der Waals surface area contributed by atoms with Crippen LogP contribution >= 0.6 is 0 Å². The number of Topliss-reactive ketones (excluding diaryl/α,β-unsaturated/α-hetero) is 1. The molecule has 3 aromatic rings. The number of nitrogens with one attached hydrogen (secondary N) is 2. The molecule has 0 aliphatic heterocycles. The summed E-state index contributed by atoms with van der Waals surface area (Å²) in [5.74, 6) is -0.481. The van der Waals surface area contributed by atoms with Crippen LogP contribution in [0.2, 0.25) is 0 Å². The number of carbonyl (C=O) groups excluding carboxylic acids is 2. The Kier molecular flexibility index (Phi) is 5.13. The molecule has 2 N–H and O–H groups in total. The second kappa shape index (κ2) is 7.35. The summed E-state index contributed by atoms with van der Waals surface area (Å²) in [6.45, 7) is 5.76. The van der Waals surface area contributed by atoms with Crippen molar-refractivity contribution in [1.29, 1.82) is 0 Å². The van der Waals surface area contributed by atoms with Gasteiger partial charge in [0, 0.05) is 41.0 Å². The van der Waals surface area contributed by atoms with Gasteiger partial charge in [-0.3, -0.25) is 9.59 Å². The zero-order chi connectivity index (χ0) is 19.6. The highest BCUT2D eigenvalue weighted by Gasteiger charge is 2.16. The maximum Gasteiger partial charge on any atom is 0.251 e. The number of hydrogen-bond donors (Lipinski definition) is 2. The molecular weight excluding hydrogens is 343 g/mol. The zero-order valence-electron chi connectivity index (χ0n) is 15.7. The highest BCUT2D eigenvalue weighted by molar-refractivity contribution is 5.95. The third-order valence-corrected chi connectivity index (χ3v) is 4.20. The van der Waals surface area contributed by atoms with Gasteiger partial charge < -0.3 is 10.3 Å². The number of H-pyrrole nitrogens is 1. The number of aromatic amines is 1. The first-order valence-electron chi connectivity index (χ1n) is 8.90. The third kappa shape index (κ3) is 4.82. The summed E-state index contributed by atoms with van der Waals surface area (Å²) in [5.41, 5.74) is 2.57. The molecular formula is C22H23FN2O2. The van der Waals surface area contributed by atoms with E-state index in [1.54, 1.807) is 30.5 Å². The molecule has 0 spiro atoms. The van der Waals surface area contributed by atoms with Gasteiger partial charge in [-0.25, -0.2) is 4.39 Å². The zero-order valence-corrected chi connectivity index (χ0v) is 15.7. The van der Waals surface area contributed by atoms with E-state index in [-0.39, 0.29) is 35.9 Å². The smallest absolute Gasteiger partial charge is 0.251 e. The van der Waals surface area contributed by atoms with Crippen LogP contribution in [0, 0.1) is 5.82 Å². The number of hydrogen-bond acceptors (Lipinski definition) is 2. The fourth-order valence-electron chi connectivity index (χ4n) is 3.03. The molecule has 0 bridgehead atoms. The van der Waals surface area contributed by atoms with Crippen LogP contribution in [0.15, 0.2) is 48.7 Å². The predicted octanol–water partition coefficient (Wildman–Crippen LogP) is 4.19. The van der Waals surface area contributed by atoms with E-state index in [4.69, 9.17) is 0 Å². The van der Waals surface area contributed by atoms with Crippen molar-refractivity contribution >= 4 is 22.6 Å². The maximum absolute atomic E-state index is 13.5. The molecule has 0 aliphatic rings. The minimum atomic E-state index is -0.326. The number of carbonyl (C=O) groups is 2. The summed E-state index contributed by atoms with van der Waals surface area (Å²) < 4.78 is 13.5. The summed E-state index contributed by atoms with van der Waals surface area (Å²) in [5, 5.41) is 3.64. The van der Waals surface area contributed by atoms with Crippen LogP contribution in [-0.4, -0.2) is 22.2 Å². The van der Waals surface area contributed by atoms with Gasteiger partial charge in [0.25, 0.3) is 5.91 Å². The number of fused-ring (bicyclic) bond motifs is 1. The van der Waals surface area contributed by atoms with Crippen LogP contribution in [0.1, 0.15) is 42.3 Å². The average molecular weight is 366 g/mol. The summed E-state index contributed by atoms with van der Waals surface area (Å²) in [7, 11) is 0. The molecule has 2 aromatic carbocycles. The number of aromatic nitrogens is 1. The molecule has 5 heteroatoms. The Morgan fingerprint density at radius 1 is 1.07 bits per heavy atom. The second-order valence-corrected chi connectivity index (χ2v) is 7.80. The van der Waals surface area contributed by atoms with Gasteiger partial charge in [0.1, 0.15) is 11.6 Å². The Hall–Kier alpha value is -2.95. The molecule has 4 nitrogen and oxygen atoms in total. The van der Waals surface area contributed by atoms with Gasteiger partial charge in [-0.05, 0) is 62.2 Å². The first-order valence-corrected chi connectivity index (χ1v) is 8.90. The summed E-state index contributed by atoms with van der Waals surface area (Å²) in [4.78, 5) is 27.9. The fraction of sp³-hybridized carbons (Fsp3) is 0.273. The van der Waals surface area contributed by atoms with Crippen LogP contribution in [0.3, 0.4) is 0 Å². The van der Waals surface area contributed by atoms with Crippen molar-refractivity contribution in [2.75, 3.05) is 0 Å². The van der Waals surface area contributed by atoms with E-state index in [0.717, 1.165) is 22.0 Å². The van der Waals surface area contributed by atoms with E-state index in [9.17, 15) is 14.0 Å². The van der Waals surface area contributed by atoms with Gasteiger partial charge in [0.2, 0.25) is 0 Å². The minimum absolute atomic E-state index is 0.00791. The average Bonchev–Trinajstić information content (AvgIpc) is 2.95. The quantitative estimate of drug-likeness (QED) is 0.711. The van der Waals surface area contributed by atoms with Gasteiger partial charge in [-0.2, -0.15) is 0 Å². The van der Waals surface area contributed by atoms with Crippen molar-refractivity contribution in [3.63, 3.8) is 0 Å². The summed E-state index contributed by atoms with van der Waals surface area (Å²) in [6.07, 6.45) is 2.18. The molecule has 0 aliphatic carbocycles. The van der Waals surface area contributed by atoms with Crippen LogP contribution < -0.4 is 5.32 Å². The van der Waals surface area contributed by atoms with Crippen LogP contribution in [0.4, 0.5) is 4.39 Å². The van der Waals surface area contributed by atoms with Gasteiger partial charge in [0.15, 0.2) is 0 Å². The summed E-state index contributed by atoms with van der Waals surface area (Å²) >= 11 is 0. The lowest BCUT2D eigenvalue weighted by atomic mass is 10.00. The number of halogens is 1. The van der Waals surface area contributed by atoms with E-state index < -0.39 is 0 Å². The molecule has 27 heavy (non-hydrogen) atoms. The topological polar surface area (TPSA) is 62.0 Å². The Labute approximate surface area is 157 Å². The second-order valence-electron chi connectivity index (χ2n) is 7.80. The Bertz CT molecular complexity index is 999. The lowest BCUT2D eigenvalue weighted by Gasteiger charge is -2.20. The van der Waals surface area contributed by atoms with E-state index in [2.05, 4.69) is 10.3 Å². The first-order chi connectivity index (χ1) is 12.7. The lowest BCUT2D eigenvalue weighted by Crippen LogP contribution is -2.40. The number of amides is 1. The van der Waals surface area contributed by atoms with E-state index >= 15 is 0 Å². The molecule has 0 saturated carbocycles. The highest BCUT2D eigenvalue weighted by Crippen LogP contribution is 2.20. The van der Waals surface area contributed by atoms with Crippen molar-refractivity contribution < 1.29 is 14.0 Å². The fourth-order valence-corrected chi connectivity index (χ4v) is 3.03. The van der Waals surface area contributed by atoms with E-state index in [1.165, 1.54) is 12.1 Å². The van der Waals surface area contributed by atoms with Crippen LogP contribution in [0.25, 0.3) is 10.9 Å². The molecule has 140 valence electrons. The summed E-state index contributed by atoms with van der Waals surface area (Å²) in [6, 6.07) is 11.6. The van der Waals surface area contributed by atoms with Crippen LogP contribution in [-0.2, 0) is 17.6 Å². The molecule has 1 heterocycles. The highest BCUT2D eigenvalue weighted by atomic mass is 19.1. The lowest BCUT2D eigenvalue weighted by molar-refractivity contribution is -0.117. The van der Waals surface area contributed by atoms with Crippen LogP contribution in [0.5, 0.6) is 0 Å². The van der Waals surface area contributed by atoms with E-state index in [0.29, 0.717) is 5.56 Å². The Morgan fingerprint density at radius 3 is 2.59 bits per heavy atom. The van der Waals surface area contributed by atoms with Crippen molar-refractivity contribution in [2.45, 2.75) is 39.2 Å². The number of ketones is 1. The molecule has 0 atom stereocenters. The monoisotopic (exact) mass is 366 g/mol. The Morgan fingerprint density at radius 2 is 1.85 bits per heavy atom. The van der Waals surface area contributed by atoms with Gasteiger partial charge in [-0.15, -0.1) is 0 Å². The normalized spacial score (nSPS) is 11.6. The van der Waals surface area contributed by atoms with Crippen molar-refractivity contribution in [3.05, 3.63) is 71.2 Å². The Balaban J connectivity index is 1.71. The maximum atomic E-state index is 13.5.